The van der Waals surface area contributed by atoms with Gasteiger partial charge in [-0.05, 0) is 24.6 Å². The van der Waals surface area contributed by atoms with Gasteiger partial charge in [-0.2, -0.15) is 0 Å². The Morgan fingerprint density at radius 2 is 2.10 bits per heavy atom. The molecule has 0 saturated heterocycles. The second kappa shape index (κ2) is 6.24. The first-order valence-electron chi connectivity index (χ1n) is 9.61. The van der Waals surface area contributed by atoms with Crippen molar-refractivity contribution in [2.24, 2.45) is 0 Å². The second-order valence-corrected chi connectivity index (χ2v) is 7.47. The van der Waals surface area contributed by atoms with Crippen LogP contribution < -0.4 is 5.56 Å². The molecular weight excluding hydrogens is 388 g/mol. The first-order valence-corrected chi connectivity index (χ1v) is 9.61. The largest absolute Gasteiger partial charge is 0.458 e. The molecule has 3 aromatic rings. The Balaban J connectivity index is 1.86. The molecule has 0 bridgehead atoms. The summed E-state index contributed by atoms with van der Waals surface area (Å²) in [6.07, 6.45) is -0.942. The maximum atomic E-state index is 13.4. The maximum Gasteiger partial charge on any atom is 0.343 e. The number of cyclic esters (lactones) is 1. The van der Waals surface area contributed by atoms with Crippen LogP contribution in [0.3, 0.4) is 0 Å². The Hall–Kier alpha value is -3.52. The highest BCUT2D eigenvalue weighted by atomic mass is 16.6. The van der Waals surface area contributed by atoms with E-state index in [9.17, 15) is 19.5 Å². The molecule has 1 aromatic carbocycles. The van der Waals surface area contributed by atoms with Gasteiger partial charge in [0.05, 0.1) is 22.5 Å². The summed E-state index contributed by atoms with van der Waals surface area (Å²) in [5.41, 5.74) is 0.0925. The van der Waals surface area contributed by atoms with Crippen LogP contribution in [0, 0.1) is 0 Å². The van der Waals surface area contributed by atoms with Crippen LogP contribution in [0.2, 0.25) is 0 Å². The van der Waals surface area contributed by atoms with E-state index in [2.05, 4.69) is 4.98 Å². The van der Waals surface area contributed by atoms with Crippen LogP contribution in [0.1, 0.15) is 43.2 Å². The number of hydrogen-bond acceptors (Lipinski definition) is 7. The van der Waals surface area contributed by atoms with Crippen LogP contribution in [0.15, 0.2) is 41.2 Å². The SMILES string of the molecule is CCC1(O)C(=O)OCc2c1cc1n(c2=O)C(OC(C)=O)c2cc3ccccc3nc2-1. The third-order valence-electron chi connectivity index (χ3n) is 5.76. The minimum atomic E-state index is -1.92. The molecule has 8 heteroatoms. The number of esters is 2. The van der Waals surface area contributed by atoms with Crippen LogP contribution >= 0.6 is 0 Å². The third-order valence-corrected chi connectivity index (χ3v) is 5.76. The maximum absolute atomic E-state index is 13.4. The predicted molar refractivity (Wildman–Crippen MR) is 105 cm³/mol. The zero-order valence-electron chi connectivity index (χ0n) is 16.3. The molecule has 0 radical (unpaired) electrons. The fraction of sp³-hybridized carbons (Fsp3) is 0.273. The van der Waals surface area contributed by atoms with Crippen LogP contribution in [-0.4, -0.2) is 26.6 Å². The average molecular weight is 406 g/mol. The van der Waals surface area contributed by atoms with Crippen LogP contribution in [0.5, 0.6) is 0 Å². The van der Waals surface area contributed by atoms with E-state index in [-0.39, 0.29) is 24.2 Å². The lowest BCUT2D eigenvalue weighted by Crippen LogP contribution is -2.44. The summed E-state index contributed by atoms with van der Waals surface area (Å²) in [5, 5.41) is 11.8. The Morgan fingerprint density at radius 3 is 2.83 bits per heavy atom. The van der Waals surface area contributed by atoms with Gasteiger partial charge in [-0.25, -0.2) is 9.78 Å². The summed E-state index contributed by atoms with van der Waals surface area (Å²) in [5.74, 6) is -1.34. The smallest absolute Gasteiger partial charge is 0.343 e. The number of nitrogens with zero attached hydrogens (tertiary/aromatic N) is 2. The van der Waals surface area contributed by atoms with Crippen molar-refractivity contribution >= 4 is 22.8 Å². The fourth-order valence-electron chi connectivity index (χ4n) is 4.23. The van der Waals surface area contributed by atoms with Gasteiger partial charge in [0.2, 0.25) is 6.23 Å². The van der Waals surface area contributed by atoms with Gasteiger partial charge in [0.15, 0.2) is 5.60 Å². The van der Waals surface area contributed by atoms with Gasteiger partial charge in [-0.1, -0.05) is 25.1 Å². The number of fused-ring (bicyclic) bond motifs is 5. The molecule has 2 atom stereocenters. The van der Waals surface area contributed by atoms with E-state index in [1.54, 1.807) is 13.0 Å². The van der Waals surface area contributed by atoms with Crippen molar-refractivity contribution in [1.29, 1.82) is 0 Å². The summed E-state index contributed by atoms with van der Waals surface area (Å²) in [6.45, 7) is 2.66. The van der Waals surface area contributed by atoms with E-state index in [1.165, 1.54) is 11.5 Å². The highest BCUT2D eigenvalue weighted by Crippen LogP contribution is 2.43. The molecular formula is C22H18N2O6. The molecule has 0 saturated carbocycles. The number of ether oxygens (including phenoxy) is 2. The Labute approximate surface area is 170 Å². The molecule has 0 aliphatic carbocycles. The highest BCUT2D eigenvalue weighted by Gasteiger charge is 2.46. The van der Waals surface area contributed by atoms with Gasteiger partial charge in [0, 0.05) is 23.4 Å². The number of hydrogen-bond donors (Lipinski definition) is 1. The van der Waals surface area contributed by atoms with Crippen LogP contribution in [-0.2, 0) is 31.3 Å². The van der Waals surface area contributed by atoms with Crippen LogP contribution in [0.4, 0.5) is 0 Å². The lowest BCUT2D eigenvalue weighted by atomic mass is 9.86. The number of benzene rings is 1. The normalized spacial score (nSPS) is 21.6. The van der Waals surface area contributed by atoms with Gasteiger partial charge in [-0.3, -0.25) is 14.2 Å². The first-order chi connectivity index (χ1) is 14.3. The molecule has 2 aromatic heterocycles. The molecule has 152 valence electrons. The highest BCUT2D eigenvalue weighted by molar-refractivity contribution is 5.86. The quantitative estimate of drug-likeness (QED) is 0.650. The molecule has 30 heavy (non-hydrogen) atoms. The lowest BCUT2D eigenvalue weighted by Gasteiger charge is -2.32. The molecule has 0 amide bonds. The van der Waals surface area contributed by atoms with Crippen molar-refractivity contribution in [3.05, 3.63) is 63.4 Å². The lowest BCUT2D eigenvalue weighted by molar-refractivity contribution is -0.172. The summed E-state index contributed by atoms with van der Waals surface area (Å²) in [7, 11) is 0. The number of rotatable bonds is 2. The minimum absolute atomic E-state index is 0.0487. The zero-order valence-corrected chi connectivity index (χ0v) is 16.3. The van der Waals surface area contributed by atoms with E-state index in [0.717, 1.165) is 5.39 Å². The summed E-state index contributed by atoms with van der Waals surface area (Å²) >= 11 is 0. The Bertz CT molecular complexity index is 1310. The molecule has 5 rings (SSSR count). The molecule has 1 N–H and O–H groups in total. The number of carbonyl (C=O) groups excluding carboxylic acids is 2. The molecule has 0 fully saturated rings. The van der Waals surface area contributed by atoms with Crippen molar-refractivity contribution in [3.63, 3.8) is 0 Å². The molecule has 2 aliphatic rings. The number of para-hydroxylation sites is 1. The average Bonchev–Trinajstić information content (AvgIpc) is 3.02. The number of carbonyl (C=O) groups is 2. The van der Waals surface area contributed by atoms with Gasteiger partial charge in [-0.15, -0.1) is 0 Å². The molecule has 8 nitrogen and oxygen atoms in total. The number of aromatic nitrogens is 2. The van der Waals surface area contributed by atoms with E-state index in [4.69, 9.17) is 9.47 Å². The number of pyridine rings is 2. The summed E-state index contributed by atoms with van der Waals surface area (Å²) in [4.78, 5) is 42.2. The van der Waals surface area contributed by atoms with Crippen molar-refractivity contribution in [2.75, 3.05) is 0 Å². The molecule has 4 heterocycles. The Kier molecular flexibility index (Phi) is 3.85. The van der Waals surface area contributed by atoms with E-state index < -0.39 is 29.3 Å². The first kappa shape index (κ1) is 18.5. The van der Waals surface area contributed by atoms with Crippen molar-refractivity contribution in [3.8, 4) is 11.4 Å². The second-order valence-electron chi connectivity index (χ2n) is 7.47. The fourth-order valence-corrected chi connectivity index (χ4v) is 4.23. The molecule has 2 aliphatic heterocycles. The third kappa shape index (κ3) is 2.37. The molecule has 2 unspecified atom stereocenters. The van der Waals surface area contributed by atoms with Gasteiger partial charge >= 0.3 is 11.9 Å². The van der Waals surface area contributed by atoms with Crippen molar-refractivity contribution in [1.82, 2.24) is 9.55 Å². The minimum Gasteiger partial charge on any atom is -0.458 e. The van der Waals surface area contributed by atoms with E-state index >= 15 is 0 Å². The van der Waals surface area contributed by atoms with Crippen LogP contribution in [0.25, 0.3) is 22.3 Å². The Morgan fingerprint density at radius 1 is 1.33 bits per heavy atom. The molecule has 0 spiro atoms. The monoisotopic (exact) mass is 406 g/mol. The van der Waals surface area contributed by atoms with Crippen molar-refractivity contribution in [2.45, 2.75) is 38.7 Å². The zero-order chi connectivity index (χ0) is 21.2. The van der Waals surface area contributed by atoms with E-state index in [0.29, 0.717) is 22.5 Å². The number of aliphatic hydroxyl groups is 1. The summed E-state index contributed by atoms with van der Waals surface area (Å²) < 4.78 is 11.9. The van der Waals surface area contributed by atoms with Crippen molar-refractivity contribution < 1.29 is 24.2 Å². The standard InChI is InChI=1S/C22H18N2O6/c1-3-22(28)15-9-17-18-13(8-12-6-4-5-7-16(12)23-18)20(30-11(2)25)24(17)19(26)14(15)10-29-21(22)27/h4-9,20,28H,3,10H2,1-2H3. The van der Waals surface area contributed by atoms with Gasteiger partial charge < -0.3 is 14.6 Å². The topological polar surface area (TPSA) is 108 Å². The van der Waals surface area contributed by atoms with E-state index in [1.807, 2.05) is 30.3 Å². The summed E-state index contributed by atoms with van der Waals surface area (Å²) in [6, 6.07) is 10.9. The predicted octanol–water partition coefficient (Wildman–Crippen LogP) is 2.14. The van der Waals surface area contributed by atoms with Gasteiger partial charge in [0.25, 0.3) is 5.56 Å². The van der Waals surface area contributed by atoms with Gasteiger partial charge in [0.1, 0.15) is 6.61 Å².